The van der Waals surface area contributed by atoms with E-state index < -0.39 is 0 Å². The van der Waals surface area contributed by atoms with Crippen molar-refractivity contribution in [2.24, 2.45) is 5.92 Å². The van der Waals surface area contributed by atoms with Crippen molar-refractivity contribution in [2.75, 3.05) is 33.9 Å². The normalized spacial score (nSPS) is 16.0. The lowest BCUT2D eigenvalue weighted by atomic mass is 10.1. The Bertz CT molecular complexity index is 720. The van der Waals surface area contributed by atoms with Crippen LogP contribution in [0.3, 0.4) is 0 Å². The van der Waals surface area contributed by atoms with Crippen LogP contribution in [-0.2, 0) is 0 Å². The molecule has 1 aliphatic rings. The number of hydrogen-bond donors (Lipinski definition) is 1. The van der Waals surface area contributed by atoms with Gasteiger partial charge in [0.1, 0.15) is 23.7 Å². The summed E-state index contributed by atoms with van der Waals surface area (Å²) < 4.78 is 11.5. The summed E-state index contributed by atoms with van der Waals surface area (Å²) >= 11 is 0. The molecule has 146 valence electrons. The Kier molecular flexibility index (Phi) is 8.14. The molecule has 0 spiro atoms. The van der Waals surface area contributed by atoms with Crippen molar-refractivity contribution in [3.63, 3.8) is 0 Å². The molecule has 5 nitrogen and oxygen atoms in total. The minimum absolute atomic E-state index is 0.238. The zero-order valence-electron chi connectivity index (χ0n) is 16.7. The van der Waals surface area contributed by atoms with Gasteiger partial charge in [0.05, 0.1) is 6.61 Å². The highest BCUT2D eigenvalue weighted by Gasteiger charge is 2.19. The molecule has 1 N–H and O–H groups in total. The average molecular weight is 370 g/mol. The third kappa shape index (κ3) is 6.29. The van der Waals surface area contributed by atoms with Gasteiger partial charge in [0.15, 0.2) is 0 Å². The topological polar surface area (TPSA) is 50.8 Å². The van der Waals surface area contributed by atoms with Gasteiger partial charge in [-0.1, -0.05) is 31.2 Å². The van der Waals surface area contributed by atoms with Crippen LogP contribution in [0.5, 0.6) is 11.5 Å². The van der Waals surface area contributed by atoms with Gasteiger partial charge in [0.2, 0.25) is 0 Å². The number of carbonyl (C=O) groups is 1. The number of nitrogens with zero attached hydrogens (tertiary/aromatic N) is 1. The molecule has 1 unspecified atom stereocenters. The second-order valence-corrected chi connectivity index (χ2v) is 6.61. The monoisotopic (exact) mass is 370 g/mol. The minimum Gasteiger partial charge on any atom is -0.493 e. The van der Waals surface area contributed by atoms with Gasteiger partial charge in [-0.3, -0.25) is 4.79 Å². The number of ether oxygens (including phenoxy) is 2. The van der Waals surface area contributed by atoms with E-state index in [2.05, 4.69) is 24.4 Å². The van der Waals surface area contributed by atoms with Gasteiger partial charge in [-0.2, -0.15) is 0 Å². The van der Waals surface area contributed by atoms with Gasteiger partial charge in [-0.25, -0.2) is 0 Å². The van der Waals surface area contributed by atoms with Crippen LogP contribution in [0.4, 0.5) is 0 Å². The molecule has 0 heterocycles. The molecule has 1 aromatic rings. The van der Waals surface area contributed by atoms with Crippen molar-refractivity contribution < 1.29 is 14.3 Å². The molecule has 0 saturated carbocycles. The second-order valence-electron chi connectivity index (χ2n) is 6.61. The van der Waals surface area contributed by atoms with E-state index in [-0.39, 0.29) is 5.91 Å². The molecule has 0 saturated heterocycles. The molecule has 1 aromatic carbocycles. The molecular weight excluding hydrogens is 340 g/mol. The molecule has 0 aromatic heterocycles. The van der Waals surface area contributed by atoms with E-state index in [1.54, 1.807) is 12.1 Å². The number of carbonyl (C=O) groups excluding carboxylic acids is 1. The Hall–Kier alpha value is -2.53. The van der Waals surface area contributed by atoms with E-state index in [0.29, 0.717) is 36.2 Å². The lowest BCUT2D eigenvalue weighted by Gasteiger charge is -2.17. The fourth-order valence-corrected chi connectivity index (χ4v) is 2.67. The van der Waals surface area contributed by atoms with Crippen LogP contribution in [-0.4, -0.2) is 44.7 Å². The zero-order chi connectivity index (χ0) is 19.6. The number of benzene rings is 1. The summed E-state index contributed by atoms with van der Waals surface area (Å²) in [5, 5.41) is 2.97. The number of nitrogens with one attached hydrogen (secondary N) is 1. The van der Waals surface area contributed by atoms with Gasteiger partial charge in [0.25, 0.3) is 5.91 Å². The molecule has 0 radical (unpaired) electrons. The first kappa shape index (κ1) is 20.8. The third-order valence-electron chi connectivity index (χ3n) is 4.20. The molecule has 1 amide bonds. The van der Waals surface area contributed by atoms with Gasteiger partial charge >= 0.3 is 0 Å². The maximum atomic E-state index is 13.0. The highest BCUT2D eigenvalue weighted by atomic mass is 16.5. The number of hydrogen-bond acceptors (Lipinski definition) is 4. The van der Waals surface area contributed by atoms with Gasteiger partial charge < -0.3 is 19.7 Å². The Labute approximate surface area is 162 Å². The summed E-state index contributed by atoms with van der Waals surface area (Å²) in [6.07, 6.45) is 11.1. The highest BCUT2D eigenvalue weighted by Crippen LogP contribution is 2.29. The average Bonchev–Trinajstić information content (AvgIpc) is 2.87. The maximum absolute atomic E-state index is 13.0. The molecule has 1 aliphatic carbocycles. The molecule has 2 rings (SSSR count). The van der Waals surface area contributed by atoms with Crippen molar-refractivity contribution in [3.8, 4) is 11.5 Å². The SMILES string of the molecule is CCOc1cccc(OCCN(C)C)c1C(=O)NC1=CC=CC(CC)C=C1. The summed E-state index contributed by atoms with van der Waals surface area (Å²) in [5.74, 6) is 1.20. The highest BCUT2D eigenvalue weighted by molar-refractivity contribution is 6.00. The molecule has 0 aliphatic heterocycles. The first-order valence-electron chi connectivity index (χ1n) is 9.46. The van der Waals surface area contributed by atoms with Crippen LogP contribution < -0.4 is 14.8 Å². The van der Waals surface area contributed by atoms with E-state index >= 15 is 0 Å². The Morgan fingerprint density at radius 3 is 2.56 bits per heavy atom. The Morgan fingerprint density at radius 2 is 1.89 bits per heavy atom. The maximum Gasteiger partial charge on any atom is 0.263 e. The van der Waals surface area contributed by atoms with Crippen LogP contribution in [0.25, 0.3) is 0 Å². The van der Waals surface area contributed by atoms with Gasteiger partial charge in [-0.15, -0.1) is 0 Å². The smallest absolute Gasteiger partial charge is 0.263 e. The molecule has 27 heavy (non-hydrogen) atoms. The first-order valence-corrected chi connectivity index (χ1v) is 9.46. The number of rotatable bonds is 9. The van der Waals surface area contributed by atoms with Crippen LogP contribution in [0.2, 0.25) is 0 Å². The summed E-state index contributed by atoms with van der Waals surface area (Å²) in [5.41, 5.74) is 1.17. The minimum atomic E-state index is -0.238. The zero-order valence-corrected chi connectivity index (χ0v) is 16.7. The van der Waals surface area contributed by atoms with E-state index in [0.717, 1.165) is 18.7 Å². The summed E-state index contributed by atoms with van der Waals surface area (Å²) in [6, 6.07) is 5.44. The molecule has 0 fully saturated rings. The van der Waals surface area contributed by atoms with E-state index in [1.165, 1.54) is 0 Å². The number of allylic oxidation sites excluding steroid dienone is 5. The molecule has 1 atom stereocenters. The van der Waals surface area contributed by atoms with Crippen LogP contribution in [0.1, 0.15) is 30.6 Å². The molecular formula is C22H30N2O3. The quantitative estimate of drug-likeness (QED) is 0.718. The first-order chi connectivity index (χ1) is 13.0. The van der Waals surface area contributed by atoms with Gasteiger partial charge in [-0.05, 0) is 57.6 Å². The van der Waals surface area contributed by atoms with Crippen molar-refractivity contribution in [1.82, 2.24) is 10.2 Å². The van der Waals surface area contributed by atoms with E-state index in [4.69, 9.17) is 9.47 Å². The lowest BCUT2D eigenvalue weighted by molar-refractivity contribution is 0.0958. The number of likely N-dealkylation sites (N-methyl/N-ethyl adjacent to an activating group) is 1. The second kappa shape index (κ2) is 10.6. The summed E-state index contributed by atoms with van der Waals surface area (Å²) in [7, 11) is 3.96. The van der Waals surface area contributed by atoms with E-state index in [1.807, 2.05) is 50.2 Å². The fourth-order valence-electron chi connectivity index (χ4n) is 2.67. The van der Waals surface area contributed by atoms with Crippen molar-refractivity contribution in [3.05, 3.63) is 59.8 Å². The van der Waals surface area contributed by atoms with Crippen molar-refractivity contribution in [1.29, 1.82) is 0 Å². The summed E-state index contributed by atoms with van der Waals surface area (Å²) in [6.45, 7) is 5.76. The van der Waals surface area contributed by atoms with Crippen LogP contribution in [0.15, 0.2) is 54.3 Å². The molecule has 0 bridgehead atoms. The third-order valence-corrected chi connectivity index (χ3v) is 4.20. The summed E-state index contributed by atoms with van der Waals surface area (Å²) in [4.78, 5) is 15.0. The Morgan fingerprint density at radius 1 is 1.15 bits per heavy atom. The Balaban J connectivity index is 2.22. The predicted octanol–water partition coefficient (Wildman–Crippen LogP) is 3.79. The van der Waals surface area contributed by atoms with E-state index in [9.17, 15) is 4.79 Å². The fraction of sp³-hybridized carbons (Fsp3) is 0.409. The lowest BCUT2D eigenvalue weighted by Crippen LogP contribution is -2.25. The predicted molar refractivity (Wildman–Crippen MR) is 109 cm³/mol. The van der Waals surface area contributed by atoms with Crippen LogP contribution >= 0.6 is 0 Å². The van der Waals surface area contributed by atoms with Gasteiger partial charge in [0, 0.05) is 12.2 Å². The van der Waals surface area contributed by atoms with Crippen molar-refractivity contribution in [2.45, 2.75) is 20.3 Å². The standard InChI is InChI=1S/C22H30N2O3/c1-5-17-9-7-10-18(14-13-17)23-22(25)21-19(26-6-2)11-8-12-20(21)27-16-15-24(3)4/h7-14,17H,5-6,15-16H2,1-4H3,(H,23,25). The largest absolute Gasteiger partial charge is 0.493 e. The van der Waals surface area contributed by atoms with Crippen molar-refractivity contribution >= 4 is 5.91 Å². The van der Waals surface area contributed by atoms with Crippen LogP contribution in [0, 0.1) is 5.92 Å². The molecule has 5 heteroatoms. The number of amides is 1.